The van der Waals surface area contributed by atoms with Gasteiger partial charge in [0.25, 0.3) is 0 Å². The fourth-order valence-corrected chi connectivity index (χ4v) is 1.39. The van der Waals surface area contributed by atoms with Crippen molar-refractivity contribution < 1.29 is 14.2 Å². The molecule has 0 spiro atoms. The first-order valence-electron chi connectivity index (χ1n) is 4.75. The van der Waals surface area contributed by atoms with Gasteiger partial charge in [0.15, 0.2) is 12.6 Å². The van der Waals surface area contributed by atoms with E-state index in [0.717, 1.165) is 11.3 Å². The normalized spacial score (nSPS) is 25.6. The topological polar surface area (TPSA) is 27.7 Å². The highest BCUT2D eigenvalue weighted by molar-refractivity contribution is 5.31. The highest BCUT2D eigenvalue weighted by atomic mass is 16.9. The van der Waals surface area contributed by atoms with Crippen LogP contribution in [0.25, 0.3) is 0 Å². The van der Waals surface area contributed by atoms with Gasteiger partial charge in [-0.1, -0.05) is 18.2 Å². The van der Waals surface area contributed by atoms with Gasteiger partial charge in [0.05, 0.1) is 0 Å². The number of benzene rings is 1. The van der Waals surface area contributed by atoms with Gasteiger partial charge >= 0.3 is 0 Å². The Kier molecular flexibility index (Phi) is 2.70. The Labute approximate surface area is 83.6 Å². The number of hydrogen-bond acceptors (Lipinski definition) is 3. The molecule has 0 aliphatic carbocycles. The summed E-state index contributed by atoms with van der Waals surface area (Å²) in [4.78, 5) is 0. The predicted octanol–water partition coefficient (Wildman–Crippen LogP) is 2.09. The Balaban J connectivity index is 1.83. The molecule has 0 unspecified atom stereocenters. The highest BCUT2D eigenvalue weighted by Gasteiger charge is 2.27. The van der Waals surface area contributed by atoms with Crippen molar-refractivity contribution in [3.8, 4) is 5.75 Å². The minimum absolute atomic E-state index is 0.0829. The van der Waals surface area contributed by atoms with Crippen molar-refractivity contribution in [3.63, 3.8) is 0 Å². The Bertz CT molecular complexity index is 305. The molecule has 3 heteroatoms. The van der Waals surface area contributed by atoms with Crippen LogP contribution in [0.2, 0.25) is 0 Å². The van der Waals surface area contributed by atoms with Gasteiger partial charge in [-0.2, -0.15) is 0 Å². The number of ether oxygens (including phenoxy) is 3. The molecule has 0 atom stereocenters. The Morgan fingerprint density at radius 2 is 2.00 bits per heavy atom. The lowest BCUT2D eigenvalue weighted by atomic mass is 10.2. The van der Waals surface area contributed by atoms with Crippen LogP contribution in [0.4, 0.5) is 0 Å². The summed E-state index contributed by atoms with van der Waals surface area (Å²) in [5.41, 5.74) is 1.12. The molecule has 1 aromatic carbocycles. The van der Waals surface area contributed by atoms with E-state index in [9.17, 15) is 0 Å². The summed E-state index contributed by atoms with van der Waals surface area (Å²) in [5.74, 6) is 0.888. The number of rotatable bonds is 3. The molecular formula is C11H14O3. The van der Waals surface area contributed by atoms with Crippen molar-refractivity contribution in [3.05, 3.63) is 29.8 Å². The summed E-state index contributed by atoms with van der Waals surface area (Å²) < 4.78 is 16.0. The zero-order valence-corrected chi connectivity index (χ0v) is 8.40. The SMILES string of the molecule is Cc1ccccc1OCC1OC(C)O1. The molecule has 0 aromatic heterocycles. The summed E-state index contributed by atoms with van der Waals surface area (Å²) in [5, 5.41) is 0. The first kappa shape index (κ1) is 9.49. The molecular weight excluding hydrogens is 180 g/mol. The van der Waals surface area contributed by atoms with Crippen molar-refractivity contribution >= 4 is 0 Å². The van der Waals surface area contributed by atoms with E-state index < -0.39 is 0 Å². The quantitative estimate of drug-likeness (QED) is 0.737. The van der Waals surface area contributed by atoms with Crippen LogP contribution < -0.4 is 4.74 Å². The maximum Gasteiger partial charge on any atom is 0.197 e. The van der Waals surface area contributed by atoms with Gasteiger partial charge in [-0.15, -0.1) is 0 Å². The second-order valence-electron chi connectivity index (χ2n) is 3.35. The lowest BCUT2D eigenvalue weighted by Gasteiger charge is -2.33. The molecule has 76 valence electrons. The number of para-hydroxylation sites is 1. The smallest absolute Gasteiger partial charge is 0.197 e. The molecule has 0 radical (unpaired) electrons. The van der Waals surface area contributed by atoms with Crippen LogP contribution in [0.1, 0.15) is 12.5 Å². The third kappa shape index (κ3) is 2.05. The van der Waals surface area contributed by atoms with Crippen LogP contribution in [0.3, 0.4) is 0 Å². The molecule has 14 heavy (non-hydrogen) atoms. The zero-order valence-electron chi connectivity index (χ0n) is 8.40. The molecule has 1 aliphatic heterocycles. The van der Waals surface area contributed by atoms with Crippen LogP contribution in [0.5, 0.6) is 5.75 Å². The van der Waals surface area contributed by atoms with Gasteiger partial charge in [-0.3, -0.25) is 0 Å². The minimum Gasteiger partial charge on any atom is -0.488 e. The third-order valence-electron chi connectivity index (χ3n) is 2.16. The third-order valence-corrected chi connectivity index (χ3v) is 2.16. The molecule has 1 heterocycles. The monoisotopic (exact) mass is 194 g/mol. The fraction of sp³-hybridized carbons (Fsp3) is 0.455. The van der Waals surface area contributed by atoms with Gasteiger partial charge in [-0.25, -0.2) is 0 Å². The predicted molar refractivity (Wildman–Crippen MR) is 52.1 cm³/mol. The van der Waals surface area contributed by atoms with E-state index in [1.165, 1.54) is 0 Å². The summed E-state index contributed by atoms with van der Waals surface area (Å²) in [7, 11) is 0. The average Bonchev–Trinajstić information content (AvgIpc) is 2.13. The van der Waals surface area contributed by atoms with Crippen molar-refractivity contribution in [1.29, 1.82) is 0 Å². The van der Waals surface area contributed by atoms with E-state index in [2.05, 4.69) is 0 Å². The molecule has 1 saturated heterocycles. The molecule has 1 aromatic rings. The standard InChI is InChI=1S/C11H14O3/c1-8-5-3-4-6-10(8)12-7-11-13-9(2)14-11/h3-6,9,11H,7H2,1-2H3. The molecule has 2 rings (SSSR count). The summed E-state index contributed by atoms with van der Waals surface area (Å²) in [6.07, 6.45) is -0.287. The maximum atomic E-state index is 5.54. The molecule has 1 fully saturated rings. The maximum absolute atomic E-state index is 5.54. The van der Waals surface area contributed by atoms with Crippen molar-refractivity contribution in [2.24, 2.45) is 0 Å². The lowest BCUT2D eigenvalue weighted by Crippen LogP contribution is -2.42. The molecule has 3 nitrogen and oxygen atoms in total. The second kappa shape index (κ2) is 3.98. The van der Waals surface area contributed by atoms with Crippen molar-refractivity contribution in [2.45, 2.75) is 26.4 Å². The average molecular weight is 194 g/mol. The van der Waals surface area contributed by atoms with Gasteiger partial charge in [-0.05, 0) is 25.5 Å². The molecule has 0 amide bonds. The van der Waals surface area contributed by atoms with Crippen LogP contribution >= 0.6 is 0 Å². The lowest BCUT2D eigenvalue weighted by molar-refractivity contribution is -0.380. The summed E-state index contributed by atoms with van der Waals surface area (Å²) in [6.45, 7) is 4.33. The van der Waals surface area contributed by atoms with Gasteiger partial charge in [0.1, 0.15) is 12.4 Å². The van der Waals surface area contributed by atoms with E-state index in [-0.39, 0.29) is 12.6 Å². The Hall–Kier alpha value is -1.06. The van der Waals surface area contributed by atoms with Gasteiger partial charge < -0.3 is 14.2 Å². The Morgan fingerprint density at radius 3 is 2.64 bits per heavy atom. The van der Waals surface area contributed by atoms with E-state index in [0.29, 0.717) is 6.61 Å². The van der Waals surface area contributed by atoms with Crippen molar-refractivity contribution in [2.75, 3.05) is 6.61 Å². The molecule has 1 aliphatic rings. The van der Waals surface area contributed by atoms with Crippen LogP contribution in [-0.2, 0) is 9.47 Å². The molecule has 0 bridgehead atoms. The van der Waals surface area contributed by atoms with E-state index in [4.69, 9.17) is 14.2 Å². The van der Waals surface area contributed by atoms with Gasteiger partial charge in [0, 0.05) is 0 Å². The molecule has 0 N–H and O–H groups in total. The molecule has 0 saturated carbocycles. The Morgan fingerprint density at radius 1 is 1.29 bits per heavy atom. The largest absolute Gasteiger partial charge is 0.488 e. The van der Waals surface area contributed by atoms with Crippen LogP contribution in [0.15, 0.2) is 24.3 Å². The van der Waals surface area contributed by atoms with Crippen molar-refractivity contribution in [1.82, 2.24) is 0 Å². The zero-order chi connectivity index (χ0) is 9.97. The van der Waals surface area contributed by atoms with Crippen LogP contribution in [-0.4, -0.2) is 19.2 Å². The summed E-state index contributed by atoms with van der Waals surface area (Å²) in [6, 6.07) is 7.89. The van der Waals surface area contributed by atoms with Gasteiger partial charge in [0.2, 0.25) is 0 Å². The highest BCUT2D eigenvalue weighted by Crippen LogP contribution is 2.20. The first-order chi connectivity index (χ1) is 6.75. The number of aryl methyl sites for hydroxylation is 1. The first-order valence-corrected chi connectivity index (χ1v) is 4.75. The minimum atomic E-state index is -0.204. The van der Waals surface area contributed by atoms with E-state index in [1.54, 1.807) is 0 Å². The van der Waals surface area contributed by atoms with Crippen LogP contribution in [0, 0.1) is 6.92 Å². The second-order valence-corrected chi connectivity index (χ2v) is 3.35. The summed E-state index contributed by atoms with van der Waals surface area (Å²) >= 11 is 0. The van der Waals surface area contributed by atoms with E-state index >= 15 is 0 Å². The van der Waals surface area contributed by atoms with E-state index in [1.807, 2.05) is 38.1 Å². The number of hydrogen-bond donors (Lipinski definition) is 0. The fourth-order valence-electron chi connectivity index (χ4n) is 1.39.